The zero-order valence-electron chi connectivity index (χ0n) is 17.4. The fraction of sp³-hybridized carbons (Fsp3) is 0.947. The van der Waals surface area contributed by atoms with Gasteiger partial charge in [-0.15, -0.1) is 24.0 Å². The molecule has 0 spiro atoms. The number of likely N-dealkylation sites (N-methyl/N-ethyl adjacent to an activating group) is 1. The molecule has 0 amide bonds. The van der Waals surface area contributed by atoms with Crippen molar-refractivity contribution in [2.45, 2.75) is 51.2 Å². The Morgan fingerprint density at radius 3 is 2.56 bits per heavy atom. The van der Waals surface area contributed by atoms with Gasteiger partial charge in [-0.1, -0.05) is 12.8 Å². The summed E-state index contributed by atoms with van der Waals surface area (Å²) in [5.41, 5.74) is -0.833. The minimum atomic E-state index is -0.833. The molecule has 0 aromatic rings. The van der Waals surface area contributed by atoms with E-state index in [1.807, 2.05) is 6.92 Å². The largest absolute Gasteiger partial charge is 0.387 e. The topological polar surface area (TPSA) is 72.4 Å². The first kappa shape index (κ1) is 24.9. The summed E-state index contributed by atoms with van der Waals surface area (Å²) in [6.45, 7) is 10.9. The van der Waals surface area contributed by atoms with Crippen LogP contribution in [0.3, 0.4) is 0 Å². The Morgan fingerprint density at radius 1 is 1.26 bits per heavy atom. The maximum Gasteiger partial charge on any atom is 0.191 e. The van der Waals surface area contributed by atoms with Crippen LogP contribution in [0, 0.1) is 0 Å². The first-order chi connectivity index (χ1) is 12.5. The van der Waals surface area contributed by atoms with Crippen LogP contribution in [0.2, 0.25) is 0 Å². The molecular weight excluding hydrogens is 457 g/mol. The van der Waals surface area contributed by atoms with E-state index in [1.165, 1.54) is 25.7 Å². The Labute approximate surface area is 182 Å². The number of hydrogen-bond donors (Lipinski definition) is 3. The van der Waals surface area contributed by atoms with E-state index in [0.29, 0.717) is 13.1 Å². The van der Waals surface area contributed by atoms with E-state index < -0.39 is 5.60 Å². The Hall–Kier alpha value is -0.160. The summed E-state index contributed by atoms with van der Waals surface area (Å²) in [5, 5.41) is 17.4. The number of nitrogens with zero attached hydrogens (tertiary/aromatic N) is 3. The molecular formula is C19H40IN5O2. The van der Waals surface area contributed by atoms with Crippen LogP contribution in [0.5, 0.6) is 0 Å². The smallest absolute Gasteiger partial charge is 0.191 e. The van der Waals surface area contributed by atoms with E-state index in [9.17, 15) is 5.11 Å². The molecule has 0 aromatic carbocycles. The molecule has 2 fully saturated rings. The van der Waals surface area contributed by atoms with Crippen molar-refractivity contribution in [2.24, 2.45) is 4.99 Å². The lowest BCUT2D eigenvalue weighted by molar-refractivity contribution is -0.0179. The van der Waals surface area contributed by atoms with Crippen molar-refractivity contribution in [3.8, 4) is 0 Å². The lowest BCUT2D eigenvalue weighted by Gasteiger charge is -2.33. The van der Waals surface area contributed by atoms with Crippen LogP contribution in [0.15, 0.2) is 4.99 Å². The molecule has 0 radical (unpaired) electrons. The summed E-state index contributed by atoms with van der Waals surface area (Å²) in [4.78, 5) is 9.32. The summed E-state index contributed by atoms with van der Waals surface area (Å²) in [6, 6.07) is 0.741. The summed E-state index contributed by atoms with van der Waals surface area (Å²) < 4.78 is 5.37. The third-order valence-electron chi connectivity index (χ3n) is 5.29. The molecule has 1 heterocycles. The van der Waals surface area contributed by atoms with Crippen LogP contribution in [0.25, 0.3) is 0 Å². The van der Waals surface area contributed by atoms with Crippen molar-refractivity contribution in [3.63, 3.8) is 0 Å². The molecule has 1 atom stereocenters. The average molecular weight is 497 g/mol. The Kier molecular flexibility index (Phi) is 12.1. The summed E-state index contributed by atoms with van der Waals surface area (Å²) in [6.07, 6.45) is 5.39. The minimum absolute atomic E-state index is 0. The molecule has 0 aromatic heterocycles. The molecule has 160 valence electrons. The number of aliphatic hydroxyl groups is 1. The molecule has 3 N–H and O–H groups in total. The number of β-amino-alcohol motifs (C(OH)–C–C–N with tert-alkyl or cyclic N) is 1. The van der Waals surface area contributed by atoms with Gasteiger partial charge in [0.05, 0.1) is 25.4 Å². The summed E-state index contributed by atoms with van der Waals surface area (Å²) in [7, 11) is 2.22. The van der Waals surface area contributed by atoms with E-state index in [2.05, 4.69) is 39.4 Å². The van der Waals surface area contributed by atoms with Gasteiger partial charge in [0.2, 0.25) is 0 Å². The second kappa shape index (κ2) is 13.1. The van der Waals surface area contributed by atoms with Crippen LogP contribution >= 0.6 is 24.0 Å². The zero-order chi connectivity index (χ0) is 18.8. The van der Waals surface area contributed by atoms with E-state index in [1.54, 1.807) is 0 Å². The standard InChI is InChI=1S/C19H39N5O2.HI/c1-4-20-18(21-9-10-23(3)17-7-5-6-8-17)22-15-19(2,25)16-24-11-13-26-14-12-24;/h17,25H,4-16H2,1-3H3,(H2,20,21,22);1H. The van der Waals surface area contributed by atoms with Gasteiger partial charge in [-0.25, -0.2) is 0 Å². The van der Waals surface area contributed by atoms with Crippen molar-refractivity contribution in [3.05, 3.63) is 0 Å². The fourth-order valence-corrected chi connectivity index (χ4v) is 3.76. The van der Waals surface area contributed by atoms with Gasteiger partial charge in [-0.2, -0.15) is 0 Å². The number of morpholine rings is 1. The van der Waals surface area contributed by atoms with Crippen LogP contribution in [0.4, 0.5) is 0 Å². The highest BCUT2D eigenvalue weighted by atomic mass is 127. The van der Waals surface area contributed by atoms with Gasteiger partial charge in [0.25, 0.3) is 0 Å². The van der Waals surface area contributed by atoms with Gasteiger partial charge in [0.15, 0.2) is 5.96 Å². The highest BCUT2D eigenvalue weighted by Crippen LogP contribution is 2.21. The first-order valence-corrected chi connectivity index (χ1v) is 10.2. The number of aliphatic imine (C=N–C) groups is 1. The number of hydrogen-bond acceptors (Lipinski definition) is 5. The number of halogens is 1. The van der Waals surface area contributed by atoms with Gasteiger partial charge in [0.1, 0.15) is 0 Å². The molecule has 7 nitrogen and oxygen atoms in total. The summed E-state index contributed by atoms with van der Waals surface area (Å²) in [5.74, 6) is 0.787. The van der Waals surface area contributed by atoms with Gasteiger partial charge in [-0.3, -0.25) is 9.89 Å². The second-order valence-corrected chi connectivity index (χ2v) is 7.93. The highest BCUT2D eigenvalue weighted by molar-refractivity contribution is 14.0. The molecule has 1 saturated carbocycles. The Morgan fingerprint density at radius 2 is 1.93 bits per heavy atom. The minimum Gasteiger partial charge on any atom is -0.387 e. The van der Waals surface area contributed by atoms with Gasteiger partial charge in [-0.05, 0) is 33.7 Å². The van der Waals surface area contributed by atoms with Crippen molar-refractivity contribution in [1.29, 1.82) is 0 Å². The van der Waals surface area contributed by atoms with E-state index >= 15 is 0 Å². The van der Waals surface area contributed by atoms with E-state index in [-0.39, 0.29) is 24.0 Å². The zero-order valence-corrected chi connectivity index (χ0v) is 19.7. The number of guanidine groups is 1. The lowest BCUT2D eigenvalue weighted by atomic mass is 10.1. The quantitative estimate of drug-likeness (QED) is 0.252. The SMILES string of the molecule is CCNC(=NCC(C)(O)CN1CCOCC1)NCCN(C)C1CCCC1.I. The third kappa shape index (κ3) is 9.74. The van der Waals surface area contributed by atoms with Crippen molar-refractivity contribution < 1.29 is 9.84 Å². The van der Waals surface area contributed by atoms with Crippen LogP contribution < -0.4 is 10.6 Å². The molecule has 2 aliphatic rings. The number of ether oxygens (including phenoxy) is 1. The molecule has 1 aliphatic heterocycles. The number of rotatable bonds is 9. The lowest BCUT2D eigenvalue weighted by Crippen LogP contribution is -2.48. The molecule has 2 rings (SSSR count). The van der Waals surface area contributed by atoms with Crippen molar-refractivity contribution in [2.75, 3.05) is 66.1 Å². The van der Waals surface area contributed by atoms with Crippen molar-refractivity contribution in [1.82, 2.24) is 20.4 Å². The maximum atomic E-state index is 10.7. The normalized spacial score (nSPS) is 21.7. The van der Waals surface area contributed by atoms with E-state index in [4.69, 9.17) is 4.74 Å². The first-order valence-electron chi connectivity index (χ1n) is 10.2. The fourth-order valence-electron chi connectivity index (χ4n) is 3.76. The second-order valence-electron chi connectivity index (χ2n) is 7.93. The molecule has 1 aliphatic carbocycles. The van der Waals surface area contributed by atoms with Crippen LogP contribution in [-0.2, 0) is 4.74 Å². The average Bonchev–Trinajstić information content (AvgIpc) is 3.15. The molecule has 0 bridgehead atoms. The summed E-state index contributed by atoms with van der Waals surface area (Å²) >= 11 is 0. The van der Waals surface area contributed by atoms with Crippen LogP contribution in [0.1, 0.15) is 39.5 Å². The Balaban J connectivity index is 0.00000364. The maximum absolute atomic E-state index is 10.7. The third-order valence-corrected chi connectivity index (χ3v) is 5.29. The monoisotopic (exact) mass is 497 g/mol. The van der Waals surface area contributed by atoms with Gasteiger partial charge < -0.3 is 25.4 Å². The van der Waals surface area contributed by atoms with Gasteiger partial charge >= 0.3 is 0 Å². The van der Waals surface area contributed by atoms with Crippen molar-refractivity contribution >= 4 is 29.9 Å². The molecule has 27 heavy (non-hydrogen) atoms. The van der Waals surface area contributed by atoms with E-state index in [0.717, 1.165) is 57.9 Å². The molecule has 8 heteroatoms. The predicted octanol–water partition coefficient (Wildman–Crippen LogP) is 1.12. The van der Waals surface area contributed by atoms with Gasteiger partial charge in [0, 0.05) is 45.3 Å². The highest BCUT2D eigenvalue weighted by Gasteiger charge is 2.25. The Bertz CT molecular complexity index is 424. The predicted molar refractivity (Wildman–Crippen MR) is 122 cm³/mol. The molecule has 1 unspecified atom stereocenters. The molecule has 1 saturated heterocycles. The van der Waals surface area contributed by atoms with Crippen LogP contribution in [-0.4, -0.2) is 98.6 Å². The number of nitrogens with one attached hydrogen (secondary N) is 2.